The van der Waals surface area contributed by atoms with Gasteiger partial charge in [-0.25, -0.2) is 0 Å². The first-order valence-corrected chi connectivity index (χ1v) is 6.84. The van der Waals surface area contributed by atoms with E-state index in [4.69, 9.17) is 9.47 Å². The normalized spacial score (nSPS) is 37.8. The van der Waals surface area contributed by atoms with E-state index in [2.05, 4.69) is 6.08 Å². The van der Waals surface area contributed by atoms with Crippen molar-refractivity contribution in [2.45, 2.75) is 51.2 Å². The van der Waals surface area contributed by atoms with Crippen LogP contribution < -0.4 is 0 Å². The molecule has 2 heteroatoms. The fraction of sp³-hybridized carbons (Fsp3) is 0.857. The van der Waals surface area contributed by atoms with E-state index in [1.54, 1.807) is 5.57 Å². The van der Waals surface area contributed by atoms with Crippen LogP contribution in [0.1, 0.15) is 44.9 Å². The van der Waals surface area contributed by atoms with E-state index in [1.165, 1.54) is 32.1 Å². The molecule has 90 valence electrons. The van der Waals surface area contributed by atoms with Crippen molar-refractivity contribution < 1.29 is 9.47 Å². The van der Waals surface area contributed by atoms with Crippen LogP contribution in [0.2, 0.25) is 0 Å². The fourth-order valence-electron chi connectivity index (χ4n) is 3.17. The van der Waals surface area contributed by atoms with Crippen molar-refractivity contribution in [3.8, 4) is 0 Å². The zero-order valence-electron chi connectivity index (χ0n) is 9.99. The molecular formula is C14H22O2. The van der Waals surface area contributed by atoms with Crippen LogP contribution in [0.4, 0.5) is 0 Å². The van der Waals surface area contributed by atoms with Gasteiger partial charge < -0.3 is 9.47 Å². The molecule has 1 aliphatic heterocycles. The molecular weight excluding hydrogens is 200 g/mol. The van der Waals surface area contributed by atoms with Gasteiger partial charge in [0.25, 0.3) is 0 Å². The van der Waals surface area contributed by atoms with Gasteiger partial charge in [-0.05, 0) is 56.8 Å². The van der Waals surface area contributed by atoms with Gasteiger partial charge in [-0.3, -0.25) is 0 Å². The Labute approximate surface area is 98.0 Å². The molecule has 1 saturated carbocycles. The summed E-state index contributed by atoms with van der Waals surface area (Å²) in [7, 11) is 0. The summed E-state index contributed by atoms with van der Waals surface area (Å²) in [5.74, 6) is 1.94. The first-order valence-electron chi connectivity index (χ1n) is 6.84. The third-order valence-electron chi connectivity index (χ3n) is 4.31. The quantitative estimate of drug-likeness (QED) is 0.680. The standard InChI is InChI=1S/C14H22O2/c1-2-7-15-14(3-1)16-8-6-12-5-4-11-9-13(12)10-11/h5,11,13-14H,1-4,6-10H2. The van der Waals surface area contributed by atoms with E-state index < -0.39 is 0 Å². The summed E-state index contributed by atoms with van der Waals surface area (Å²) in [6.45, 7) is 1.75. The van der Waals surface area contributed by atoms with Crippen molar-refractivity contribution in [2.75, 3.05) is 13.2 Å². The largest absolute Gasteiger partial charge is 0.353 e. The Morgan fingerprint density at radius 3 is 2.94 bits per heavy atom. The minimum Gasteiger partial charge on any atom is -0.353 e. The van der Waals surface area contributed by atoms with Crippen LogP contribution in [-0.4, -0.2) is 19.5 Å². The van der Waals surface area contributed by atoms with Crippen LogP contribution >= 0.6 is 0 Å². The molecule has 2 fully saturated rings. The Morgan fingerprint density at radius 2 is 2.25 bits per heavy atom. The minimum absolute atomic E-state index is 0.0899. The fourth-order valence-corrected chi connectivity index (χ4v) is 3.17. The molecule has 0 N–H and O–H groups in total. The molecule has 0 radical (unpaired) electrons. The summed E-state index contributed by atoms with van der Waals surface area (Å²) < 4.78 is 11.4. The molecule has 0 amide bonds. The monoisotopic (exact) mass is 222 g/mol. The van der Waals surface area contributed by atoms with E-state index in [0.717, 1.165) is 37.9 Å². The Balaban J connectivity index is 1.38. The number of fused-ring (bicyclic) bond motifs is 1. The van der Waals surface area contributed by atoms with Crippen molar-refractivity contribution in [1.29, 1.82) is 0 Å². The predicted octanol–water partition coefficient (Wildman–Crippen LogP) is 3.28. The number of rotatable bonds is 4. The number of hydrogen-bond acceptors (Lipinski definition) is 2. The lowest BCUT2D eigenvalue weighted by molar-refractivity contribution is -0.162. The molecule has 2 bridgehead atoms. The first kappa shape index (κ1) is 10.8. The molecule has 0 spiro atoms. The maximum absolute atomic E-state index is 5.79. The molecule has 4 aliphatic rings. The number of ether oxygens (including phenoxy) is 2. The zero-order chi connectivity index (χ0) is 10.8. The minimum atomic E-state index is 0.0899. The zero-order valence-corrected chi connectivity index (χ0v) is 9.99. The number of allylic oxidation sites excluding steroid dienone is 1. The topological polar surface area (TPSA) is 18.5 Å². The highest BCUT2D eigenvalue weighted by Crippen LogP contribution is 2.46. The highest BCUT2D eigenvalue weighted by atomic mass is 16.7. The van der Waals surface area contributed by atoms with E-state index in [-0.39, 0.29) is 6.29 Å². The van der Waals surface area contributed by atoms with Gasteiger partial charge in [-0.1, -0.05) is 11.6 Å². The average Bonchev–Trinajstić information content (AvgIpc) is 2.30. The first-order chi connectivity index (χ1) is 7.92. The molecule has 1 atom stereocenters. The van der Waals surface area contributed by atoms with Crippen LogP contribution in [-0.2, 0) is 9.47 Å². The molecule has 1 unspecified atom stereocenters. The smallest absolute Gasteiger partial charge is 0.157 e. The van der Waals surface area contributed by atoms with Crippen molar-refractivity contribution in [3.63, 3.8) is 0 Å². The Morgan fingerprint density at radius 1 is 1.31 bits per heavy atom. The van der Waals surface area contributed by atoms with Gasteiger partial charge in [-0.2, -0.15) is 0 Å². The summed E-state index contributed by atoms with van der Waals surface area (Å²) >= 11 is 0. The lowest BCUT2D eigenvalue weighted by Gasteiger charge is -2.41. The molecule has 0 aromatic carbocycles. The van der Waals surface area contributed by atoms with E-state index in [1.807, 2.05) is 0 Å². The van der Waals surface area contributed by atoms with Crippen LogP contribution in [0, 0.1) is 11.8 Å². The van der Waals surface area contributed by atoms with E-state index in [0.29, 0.717) is 0 Å². The van der Waals surface area contributed by atoms with Crippen LogP contribution in [0.15, 0.2) is 11.6 Å². The molecule has 16 heavy (non-hydrogen) atoms. The Hall–Kier alpha value is -0.340. The van der Waals surface area contributed by atoms with E-state index >= 15 is 0 Å². The third kappa shape index (κ3) is 2.33. The molecule has 4 rings (SSSR count). The average molecular weight is 222 g/mol. The van der Waals surface area contributed by atoms with Crippen molar-refractivity contribution >= 4 is 0 Å². The summed E-state index contributed by atoms with van der Waals surface area (Å²) in [6, 6.07) is 0. The van der Waals surface area contributed by atoms with Gasteiger partial charge in [0.2, 0.25) is 0 Å². The molecule has 2 nitrogen and oxygen atoms in total. The van der Waals surface area contributed by atoms with Gasteiger partial charge in [0.1, 0.15) is 0 Å². The summed E-state index contributed by atoms with van der Waals surface area (Å²) in [5.41, 5.74) is 1.67. The lowest BCUT2D eigenvalue weighted by Crippen LogP contribution is -2.30. The molecule has 1 saturated heterocycles. The molecule has 0 aromatic rings. The maximum atomic E-state index is 5.79. The second-order valence-corrected chi connectivity index (χ2v) is 5.47. The Bertz CT molecular complexity index is 260. The third-order valence-corrected chi connectivity index (χ3v) is 4.31. The van der Waals surface area contributed by atoms with Crippen molar-refractivity contribution in [3.05, 3.63) is 11.6 Å². The van der Waals surface area contributed by atoms with Crippen LogP contribution in [0.5, 0.6) is 0 Å². The van der Waals surface area contributed by atoms with Crippen LogP contribution in [0.3, 0.4) is 0 Å². The van der Waals surface area contributed by atoms with Gasteiger partial charge in [-0.15, -0.1) is 0 Å². The second-order valence-electron chi connectivity index (χ2n) is 5.47. The van der Waals surface area contributed by atoms with Gasteiger partial charge in [0, 0.05) is 6.61 Å². The van der Waals surface area contributed by atoms with Crippen molar-refractivity contribution in [1.82, 2.24) is 0 Å². The second kappa shape index (κ2) is 4.89. The highest BCUT2D eigenvalue weighted by Gasteiger charge is 2.34. The summed E-state index contributed by atoms with van der Waals surface area (Å²) in [5, 5.41) is 0. The van der Waals surface area contributed by atoms with Gasteiger partial charge >= 0.3 is 0 Å². The Kier molecular flexibility index (Phi) is 3.30. The lowest BCUT2D eigenvalue weighted by atomic mass is 9.65. The number of hydrogen-bond donors (Lipinski definition) is 0. The predicted molar refractivity (Wildman–Crippen MR) is 63.1 cm³/mol. The van der Waals surface area contributed by atoms with Crippen LogP contribution in [0.25, 0.3) is 0 Å². The SMILES string of the molecule is C1=C(CCOC2CCCCO2)C2CC(C1)C2. The summed E-state index contributed by atoms with van der Waals surface area (Å²) in [4.78, 5) is 0. The summed E-state index contributed by atoms with van der Waals surface area (Å²) in [6.07, 6.45) is 11.5. The van der Waals surface area contributed by atoms with E-state index in [9.17, 15) is 0 Å². The molecule has 0 aromatic heterocycles. The molecule has 1 heterocycles. The maximum Gasteiger partial charge on any atom is 0.157 e. The van der Waals surface area contributed by atoms with Crippen molar-refractivity contribution in [2.24, 2.45) is 11.8 Å². The molecule has 3 aliphatic carbocycles. The highest BCUT2D eigenvalue weighted by molar-refractivity contribution is 5.17. The van der Waals surface area contributed by atoms with Gasteiger partial charge in [0.15, 0.2) is 6.29 Å². The van der Waals surface area contributed by atoms with Gasteiger partial charge in [0.05, 0.1) is 6.61 Å².